The third-order valence-electron chi connectivity index (χ3n) is 5.66. The molecule has 0 saturated carbocycles. The van der Waals surface area contributed by atoms with Gasteiger partial charge < -0.3 is 9.47 Å². The average molecular weight is 449 g/mol. The molecule has 2 aromatic carbocycles. The van der Waals surface area contributed by atoms with Crippen molar-refractivity contribution in [2.24, 2.45) is 4.99 Å². The summed E-state index contributed by atoms with van der Waals surface area (Å²) < 4.78 is 13.5. The average Bonchev–Trinajstić information content (AvgIpc) is 3.56. The molecule has 1 aliphatic heterocycles. The molecule has 7 nitrogen and oxygen atoms in total. The van der Waals surface area contributed by atoms with Gasteiger partial charge in [0.15, 0.2) is 0 Å². The Morgan fingerprint density at radius 2 is 2.09 bits per heavy atom. The third-order valence-corrected chi connectivity index (χ3v) is 6.68. The van der Waals surface area contributed by atoms with Crippen molar-refractivity contribution in [1.82, 2.24) is 14.8 Å². The van der Waals surface area contributed by atoms with Gasteiger partial charge in [0.2, 0.25) is 5.13 Å². The fourth-order valence-corrected chi connectivity index (χ4v) is 4.86. The minimum Gasteiger partial charge on any atom is -0.497 e. The number of benzene rings is 2. The Hall–Kier alpha value is -3.23. The summed E-state index contributed by atoms with van der Waals surface area (Å²) >= 11 is 1.47. The number of para-hydroxylation sites is 1. The Morgan fingerprint density at radius 3 is 2.81 bits per heavy atom. The van der Waals surface area contributed by atoms with Gasteiger partial charge in [0.05, 0.1) is 41.2 Å². The number of ether oxygens (including phenoxy) is 2. The molecule has 2 aromatic heterocycles. The van der Waals surface area contributed by atoms with E-state index in [0.717, 1.165) is 41.0 Å². The predicted octanol–water partition coefficient (Wildman–Crippen LogP) is 4.44. The van der Waals surface area contributed by atoms with E-state index in [-0.39, 0.29) is 11.7 Å². The van der Waals surface area contributed by atoms with Gasteiger partial charge in [-0.3, -0.25) is 14.9 Å². The second-order valence-electron chi connectivity index (χ2n) is 7.76. The van der Waals surface area contributed by atoms with Crippen LogP contribution >= 0.6 is 11.3 Å². The van der Waals surface area contributed by atoms with Gasteiger partial charge in [-0.2, -0.15) is 4.68 Å². The van der Waals surface area contributed by atoms with Crippen LogP contribution in [0.15, 0.2) is 58.3 Å². The lowest BCUT2D eigenvalue weighted by atomic mass is 10.0. The van der Waals surface area contributed by atoms with Gasteiger partial charge in [-0.05, 0) is 56.2 Å². The zero-order valence-electron chi connectivity index (χ0n) is 18.0. The van der Waals surface area contributed by atoms with Crippen LogP contribution in [0.1, 0.15) is 25.3 Å². The summed E-state index contributed by atoms with van der Waals surface area (Å²) in [6, 6.07) is 15.5. The van der Waals surface area contributed by atoms with Crippen LogP contribution in [-0.4, -0.2) is 46.8 Å². The molecule has 0 amide bonds. The molecule has 1 aliphatic rings. The van der Waals surface area contributed by atoms with Crippen molar-refractivity contribution in [1.29, 1.82) is 0 Å². The predicted molar refractivity (Wildman–Crippen MR) is 128 cm³/mol. The number of nitrogens with zero attached hydrogens (tertiary/aromatic N) is 3. The van der Waals surface area contributed by atoms with Crippen molar-refractivity contribution in [2.45, 2.75) is 25.9 Å². The lowest BCUT2D eigenvalue weighted by molar-refractivity contribution is 0.118. The summed E-state index contributed by atoms with van der Waals surface area (Å²) in [6.07, 6.45) is 2.19. The first kappa shape index (κ1) is 20.7. The van der Waals surface area contributed by atoms with E-state index < -0.39 is 0 Å². The Morgan fingerprint density at radius 1 is 1.28 bits per heavy atom. The van der Waals surface area contributed by atoms with Crippen molar-refractivity contribution >= 4 is 27.3 Å². The highest BCUT2D eigenvalue weighted by Gasteiger charge is 2.22. The maximum Gasteiger partial charge on any atom is 0.283 e. The summed E-state index contributed by atoms with van der Waals surface area (Å²) in [5.41, 5.74) is 3.53. The number of fused-ring (bicyclic) bond motifs is 1. The van der Waals surface area contributed by atoms with E-state index in [0.29, 0.717) is 28.6 Å². The van der Waals surface area contributed by atoms with E-state index in [1.165, 1.54) is 16.0 Å². The molecule has 1 atom stereocenters. The summed E-state index contributed by atoms with van der Waals surface area (Å²) in [4.78, 5) is 22.9. The normalized spacial score (nSPS) is 16.7. The van der Waals surface area contributed by atoms with E-state index in [1.807, 2.05) is 55.5 Å². The van der Waals surface area contributed by atoms with Gasteiger partial charge >= 0.3 is 0 Å². The number of aromatic nitrogens is 3. The number of aliphatic imine (C=N–C) groups is 1. The summed E-state index contributed by atoms with van der Waals surface area (Å²) in [7, 11) is 1.63. The first-order valence-corrected chi connectivity index (χ1v) is 11.4. The minimum atomic E-state index is -0.163. The fourth-order valence-electron chi connectivity index (χ4n) is 3.94. The van der Waals surface area contributed by atoms with Crippen LogP contribution in [-0.2, 0) is 4.74 Å². The second-order valence-corrected chi connectivity index (χ2v) is 8.77. The highest BCUT2D eigenvalue weighted by molar-refractivity contribution is 7.20. The highest BCUT2D eigenvalue weighted by atomic mass is 32.1. The van der Waals surface area contributed by atoms with Crippen LogP contribution in [0.2, 0.25) is 0 Å². The number of hydrogen-bond acceptors (Lipinski definition) is 6. The largest absolute Gasteiger partial charge is 0.497 e. The molecule has 4 aromatic rings. The molecule has 0 radical (unpaired) electrons. The number of methoxy groups -OCH3 is 1. The molecule has 8 heteroatoms. The van der Waals surface area contributed by atoms with E-state index in [4.69, 9.17) is 14.5 Å². The molecule has 1 N–H and O–H groups in total. The number of hydrogen-bond donors (Lipinski definition) is 1. The van der Waals surface area contributed by atoms with Gasteiger partial charge in [0, 0.05) is 17.9 Å². The molecular formula is C24H24N4O3S. The molecule has 0 spiro atoms. The number of nitrogens with one attached hydrogen (secondary N) is 1. The Kier molecular flexibility index (Phi) is 5.63. The molecule has 0 bridgehead atoms. The molecule has 0 aliphatic carbocycles. The molecule has 1 saturated heterocycles. The lowest BCUT2D eigenvalue weighted by Gasteiger charge is -2.07. The molecule has 32 heavy (non-hydrogen) atoms. The molecule has 3 heterocycles. The number of aromatic amines is 1. The summed E-state index contributed by atoms with van der Waals surface area (Å²) in [5.74, 6) is 0.757. The van der Waals surface area contributed by atoms with Crippen molar-refractivity contribution in [3.63, 3.8) is 0 Å². The van der Waals surface area contributed by atoms with Gasteiger partial charge in [-0.1, -0.05) is 23.5 Å². The van der Waals surface area contributed by atoms with Crippen LogP contribution in [0.3, 0.4) is 0 Å². The van der Waals surface area contributed by atoms with E-state index in [1.54, 1.807) is 7.11 Å². The van der Waals surface area contributed by atoms with Gasteiger partial charge in [-0.25, -0.2) is 4.98 Å². The third kappa shape index (κ3) is 3.87. The zero-order valence-corrected chi connectivity index (χ0v) is 18.8. The first-order valence-electron chi connectivity index (χ1n) is 10.6. The maximum atomic E-state index is 13.6. The highest BCUT2D eigenvalue weighted by Crippen LogP contribution is 2.27. The molecule has 1 fully saturated rings. The summed E-state index contributed by atoms with van der Waals surface area (Å²) in [6.45, 7) is 3.22. The monoisotopic (exact) mass is 448 g/mol. The Labute approximate surface area is 189 Å². The van der Waals surface area contributed by atoms with Crippen molar-refractivity contribution < 1.29 is 9.47 Å². The van der Waals surface area contributed by atoms with Crippen molar-refractivity contribution in [3.05, 3.63) is 64.4 Å². The fraction of sp³-hybridized carbons (Fsp3) is 0.292. The molecular weight excluding hydrogens is 424 g/mol. The molecule has 5 rings (SSSR count). The van der Waals surface area contributed by atoms with Crippen LogP contribution in [0, 0.1) is 0 Å². The van der Waals surface area contributed by atoms with Crippen LogP contribution < -0.4 is 10.3 Å². The molecule has 164 valence electrons. The SMILES string of the molecule is COc1ccc(-c2[nH]n(-c3nc4ccccc4s3)c(=O)c2C(C)=NC[C@@H]2CCCO2)cc1. The van der Waals surface area contributed by atoms with Crippen molar-refractivity contribution in [3.8, 4) is 22.1 Å². The van der Waals surface area contributed by atoms with Gasteiger partial charge in [-0.15, -0.1) is 0 Å². The van der Waals surface area contributed by atoms with Crippen molar-refractivity contribution in [2.75, 3.05) is 20.3 Å². The lowest BCUT2D eigenvalue weighted by Crippen LogP contribution is -2.20. The smallest absolute Gasteiger partial charge is 0.283 e. The number of H-pyrrole nitrogens is 1. The number of thiazole rings is 1. The maximum absolute atomic E-state index is 13.6. The summed E-state index contributed by atoms with van der Waals surface area (Å²) in [5, 5.41) is 3.89. The topological polar surface area (TPSA) is 81.5 Å². The first-order chi connectivity index (χ1) is 15.6. The second kappa shape index (κ2) is 8.72. The minimum absolute atomic E-state index is 0.125. The quantitative estimate of drug-likeness (QED) is 0.442. The van der Waals surface area contributed by atoms with Crippen LogP contribution in [0.5, 0.6) is 5.75 Å². The van der Waals surface area contributed by atoms with Gasteiger partial charge in [0.1, 0.15) is 5.75 Å². The zero-order chi connectivity index (χ0) is 22.1. The number of rotatable bonds is 6. The molecule has 0 unspecified atom stereocenters. The van der Waals surface area contributed by atoms with Crippen LogP contribution in [0.25, 0.3) is 26.6 Å². The van der Waals surface area contributed by atoms with Gasteiger partial charge in [0.25, 0.3) is 5.56 Å². The van der Waals surface area contributed by atoms with E-state index >= 15 is 0 Å². The standard InChI is InChI=1S/C24H24N4O3S/c1-15(25-14-18-6-5-13-31-18)21-22(16-9-11-17(30-2)12-10-16)27-28(23(21)29)24-26-19-7-3-4-8-20(19)32-24/h3-4,7-12,18,27H,5-6,13-14H2,1-2H3/t18-/m0/s1. The Balaban J connectivity index is 1.62. The van der Waals surface area contributed by atoms with E-state index in [2.05, 4.69) is 10.1 Å². The van der Waals surface area contributed by atoms with Crippen LogP contribution in [0.4, 0.5) is 0 Å². The Bertz CT molecular complexity index is 1290. The van der Waals surface area contributed by atoms with E-state index in [9.17, 15) is 4.79 Å².